The highest BCUT2D eigenvalue weighted by atomic mass is 16.2. The Bertz CT molecular complexity index is 1180. The highest BCUT2D eigenvalue weighted by Crippen LogP contribution is 2.25. The Morgan fingerprint density at radius 3 is 2.74 bits per heavy atom. The van der Waals surface area contributed by atoms with E-state index in [2.05, 4.69) is 20.2 Å². The van der Waals surface area contributed by atoms with Crippen LogP contribution in [0, 0.1) is 6.92 Å². The topological polar surface area (TPSA) is 132 Å². The average molecular weight is 420 g/mol. The van der Waals surface area contributed by atoms with E-state index < -0.39 is 11.8 Å². The van der Waals surface area contributed by atoms with Gasteiger partial charge in [0.1, 0.15) is 11.3 Å². The van der Waals surface area contributed by atoms with E-state index in [1.54, 1.807) is 30.3 Å². The van der Waals surface area contributed by atoms with Gasteiger partial charge >= 0.3 is 0 Å². The van der Waals surface area contributed by atoms with Crippen LogP contribution >= 0.6 is 0 Å². The van der Waals surface area contributed by atoms with Gasteiger partial charge in [-0.3, -0.25) is 14.4 Å². The summed E-state index contributed by atoms with van der Waals surface area (Å²) in [6.07, 6.45) is 4.18. The first-order valence-corrected chi connectivity index (χ1v) is 10.3. The predicted molar refractivity (Wildman–Crippen MR) is 116 cm³/mol. The van der Waals surface area contributed by atoms with Crippen LogP contribution in [0.2, 0.25) is 0 Å². The maximum Gasteiger partial charge on any atom is 0.258 e. The summed E-state index contributed by atoms with van der Waals surface area (Å²) >= 11 is 0. The molecule has 0 unspecified atom stereocenters. The Morgan fingerprint density at radius 2 is 1.94 bits per heavy atom. The number of nitrogens with two attached hydrogens (primary N) is 1. The Morgan fingerprint density at radius 1 is 1.10 bits per heavy atom. The lowest BCUT2D eigenvalue weighted by molar-refractivity contribution is -0.117. The van der Waals surface area contributed by atoms with Gasteiger partial charge in [0.25, 0.3) is 11.8 Å². The van der Waals surface area contributed by atoms with Crippen LogP contribution in [0.25, 0.3) is 11.2 Å². The maximum absolute atomic E-state index is 13.1. The number of aryl methyl sites for hydroxylation is 3. The van der Waals surface area contributed by atoms with Gasteiger partial charge in [-0.05, 0) is 44.0 Å². The van der Waals surface area contributed by atoms with Crippen molar-refractivity contribution < 1.29 is 14.4 Å². The third-order valence-electron chi connectivity index (χ3n) is 5.24. The SMILES string of the molecule is Cc1cc(C(=O)Nc2cccc(C(=O)NCC(N)=O)c2)c2nc3n(c2n1)CCCCC3. The second kappa shape index (κ2) is 8.55. The Balaban J connectivity index is 1.61. The van der Waals surface area contributed by atoms with Crippen molar-refractivity contribution in [2.75, 3.05) is 11.9 Å². The van der Waals surface area contributed by atoms with E-state index in [9.17, 15) is 14.4 Å². The number of imidazole rings is 1. The molecule has 0 spiro atoms. The van der Waals surface area contributed by atoms with Gasteiger partial charge < -0.3 is 20.9 Å². The van der Waals surface area contributed by atoms with Gasteiger partial charge in [0.2, 0.25) is 5.91 Å². The number of aromatic nitrogens is 3. The standard InChI is InChI=1S/C22H24N6O3/c1-13-10-16(19-20(25-13)28-9-4-2-3-8-18(28)27-19)22(31)26-15-7-5-6-14(11-15)21(30)24-12-17(23)29/h5-7,10-11H,2-4,8-9,12H2,1H3,(H2,23,29)(H,24,30)(H,26,31). The van der Waals surface area contributed by atoms with Gasteiger partial charge in [-0.1, -0.05) is 12.5 Å². The molecule has 1 aliphatic heterocycles. The molecule has 0 bridgehead atoms. The second-order valence-electron chi connectivity index (χ2n) is 7.66. The molecule has 4 N–H and O–H groups in total. The molecule has 3 amide bonds. The zero-order valence-corrected chi connectivity index (χ0v) is 17.3. The highest BCUT2D eigenvalue weighted by Gasteiger charge is 2.21. The number of hydrogen-bond donors (Lipinski definition) is 3. The molecule has 4 rings (SSSR count). The Hall–Kier alpha value is -3.75. The smallest absolute Gasteiger partial charge is 0.258 e. The summed E-state index contributed by atoms with van der Waals surface area (Å²) in [6.45, 7) is 2.46. The van der Waals surface area contributed by atoms with Crippen LogP contribution in [0.4, 0.5) is 5.69 Å². The summed E-state index contributed by atoms with van der Waals surface area (Å²) in [5.74, 6) is -0.436. The van der Waals surface area contributed by atoms with E-state index in [0.29, 0.717) is 22.3 Å². The van der Waals surface area contributed by atoms with Gasteiger partial charge in [0.15, 0.2) is 5.65 Å². The lowest BCUT2D eigenvalue weighted by Crippen LogP contribution is -2.33. The van der Waals surface area contributed by atoms with Crippen molar-refractivity contribution in [1.29, 1.82) is 0 Å². The molecule has 2 aromatic heterocycles. The van der Waals surface area contributed by atoms with Gasteiger partial charge in [0.05, 0.1) is 12.1 Å². The molecule has 3 aromatic rings. The van der Waals surface area contributed by atoms with Crippen molar-refractivity contribution in [3.05, 3.63) is 53.0 Å². The predicted octanol–water partition coefficient (Wildman–Crippen LogP) is 1.93. The molecule has 1 aliphatic rings. The van der Waals surface area contributed by atoms with E-state index in [1.165, 1.54) is 0 Å². The van der Waals surface area contributed by atoms with Gasteiger partial charge in [0, 0.05) is 29.9 Å². The molecule has 9 heteroatoms. The van der Waals surface area contributed by atoms with Crippen LogP contribution in [0.5, 0.6) is 0 Å². The summed E-state index contributed by atoms with van der Waals surface area (Å²) in [5.41, 5.74) is 8.35. The van der Waals surface area contributed by atoms with Crippen molar-refractivity contribution in [1.82, 2.24) is 19.9 Å². The van der Waals surface area contributed by atoms with Crippen LogP contribution in [0.15, 0.2) is 30.3 Å². The normalized spacial score (nSPS) is 13.3. The molecule has 0 aliphatic carbocycles. The molecule has 0 fully saturated rings. The third-order valence-corrected chi connectivity index (χ3v) is 5.24. The molecule has 0 atom stereocenters. The summed E-state index contributed by atoms with van der Waals surface area (Å²) in [4.78, 5) is 45.5. The minimum Gasteiger partial charge on any atom is -0.368 e. The number of nitrogens with zero attached hydrogens (tertiary/aromatic N) is 3. The maximum atomic E-state index is 13.1. The fourth-order valence-electron chi connectivity index (χ4n) is 3.79. The van der Waals surface area contributed by atoms with E-state index in [4.69, 9.17) is 10.7 Å². The average Bonchev–Trinajstić information content (AvgIpc) is 2.92. The number of pyridine rings is 1. The first-order chi connectivity index (χ1) is 14.9. The Labute approximate surface area is 179 Å². The van der Waals surface area contributed by atoms with Crippen LogP contribution in [0.3, 0.4) is 0 Å². The number of hydrogen-bond acceptors (Lipinski definition) is 5. The summed E-state index contributed by atoms with van der Waals surface area (Å²) < 4.78 is 2.12. The third kappa shape index (κ3) is 4.40. The van der Waals surface area contributed by atoms with Crippen LogP contribution in [-0.2, 0) is 17.8 Å². The molecule has 31 heavy (non-hydrogen) atoms. The van der Waals surface area contributed by atoms with Crippen molar-refractivity contribution in [3.8, 4) is 0 Å². The van der Waals surface area contributed by atoms with Crippen molar-refractivity contribution in [2.45, 2.75) is 39.2 Å². The molecule has 0 saturated carbocycles. The lowest BCUT2D eigenvalue weighted by Gasteiger charge is -2.09. The zero-order valence-electron chi connectivity index (χ0n) is 17.3. The van der Waals surface area contributed by atoms with Gasteiger partial charge in [-0.2, -0.15) is 0 Å². The largest absolute Gasteiger partial charge is 0.368 e. The van der Waals surface area contributed by atoms with Crippen LogP contribution in [0.1, 0.15) is 51.5 Å². The number of benzene rings is 1. The van der Waals surface area contributed by atoms with Gasteiger partial charge in [-0.15, -0.1) is 0 Å². The van der Waals surface area contributed by atoms with E-state index in [0.717, 1.165) is 49.4 Å². The number of nitrogens with one attached hydrogen (secondary N) is 2. The van der Waals surface area contributed by atoms with Crippen LogP contribution < -0.4 is 16.4 Å². The number of carbonyl (C=O) groups excluding carboxylic acids is 3. The molecule has 1 aromatic carbocycles. The fraction of sp³-hybridized carbons (Fsp3) is 0.318. The fourth-order valence-corrected chi connectivity index (χ4v) is 3.79. The molecular weight excluding hydrogens is 396 g/mol. The van der Waals surface area contributed by atoms with Crippen LogP contribution in [-0.4, -0.2) is 38.8 Å². The highest BCUT2D eigenvalue weighted by molar-refractivity contribution is 6.11. The summed E-state index contributed by atoms with van der Waals surface area (Å²) in [5, 5.41) is 5.27. The lowest BCUT2D eigenvalue weighted by atomic mass is 10.1. The molecule has 0 saturated heterocycles. The van der Waals surface area contributed by atoms with Gasteiger partial charge in [-0.25, -0.2) is 9.97 Å². The van der Waals surface area contributed by atoms with E-state index >= 15 is 0 Å². The summed E-state index contributed by atoms with van der Waals surface area (Å²) in [6, 6.07) is 8.21. The molecule has 3 heterocycles. The zero-order chi connectivity index (χ0) is 22.0. The monoisotopic (exact) mass is 420 g/mol. The number of fused-ring (bicyclic) bond motifs is 3. The number of anilines is 1. The number of rotatable bonds is 5. The molecule has 160 valence electrons. The number of primary amides is 1. The van der Waals surface area contributed by atoms with E-state index in [-0.39, 0.29) is 12.5 Å². The molecule has 9 nitrogen and oxygen atoms in total. The first-order valence-electron chi connectivity index (χ1n) is 10.3. The summed E-state index contributed by atoms with van der Waals surface area (Å²) in [7, 11) is 0. The quantitative estimate of drug-likeness (QED) is 0.580. The van der Waals surface area contributed by atoms with Crippen molar-refractivity contribution in [3.63, 3.8) is 0 Å². The minimum absolute atomic E-state index is 0.255. The minimum atomic E-state index is -0.631. The second-order valence-corrected chi connectivity index (χ2v) is 7.66. The number of carbonyl (C=O) groups is 3. The molecular formula is C22H24N6O3. The van der Waals surface area contributed by atoms with Crippen molar-refractivity contribution in [2.24, 2.45) is 5.73 Å². The first kappa shape index (κ1) is 20.5. The van der Waals surface area contributed by atoms with E-state index in [1.807, 2.05) is 6.92 Å². The number of amides is 3. The molecule has 0 radical (unpaired) electrons. The Kier molecular flexibility index (Phi) is 5.66. The van der Waals surface area contributed by atoms with Crippen molar-refractivity contribution >= 4 is 34.6 Å².